The first kappa shape index (κ1) is 9.53. The molecule has 0 radical (unpaired) electrons. The largest absolute Gasteiger partial charge is 0.324 e. The van der Waals surface area contributed by atoms with E-state index >= 15 is 0 Å². The molecule has 2 rings (SSSR count). The average Bonchev–Trinajstić information content (AvgIpc) is 2.82. The van der Waals surface area contributed by atoms with Crippen molar-refractivity contribution < 1.29 is 0 Å². The summed E-state index contributed by atoms with van der Waals surface area (Å²) in [5, 5.41) is 0. The third kappa shape index (κ3) is 1.91. The molecule has 1 heteroatoms. The van der Waals surface area contributed by atoms with E-state index in [0.29, 0.717) is 0 Å². The van der Waals surface area contributed by atoms with Crippen molar-refractivity contribution in [3.63, 3.8) is 0 Å². The molecule has 0 bridgehead atoms. The fourth-order valence-corrected chi connectivity index (χ4v) is 1.49. The molecule has 0 saturated heterocycles. The molecule has 0 spiro atoms. The number of hydrogen-bond donors (Lipinski definition) is 0. The predicted octanol–water partition coefficient (Wildman–Crippen LogP) is 3.68. The van der Waals surface area contributed by atoms with Crippen molar-refractivity contribution in [1.82, 2.24) is 4.57 Å². The van der Waals surface area contributed by atoms with Gasteiger partial charge in [0.25, 0.3) is 0 Å². The second kappa shape index (κ2) is 4.01. The van der Waals surface area contributed by atoms with Crippen LogP contribution in [0.5, 0.6) is 0 Å². The Kier molecular flexibility index (Phi) is 2.55. The molecule has 1 nitrogen and oxygen atoms in total. The quantitative estimate of drug-likeness (QED) is 0.658. The summed E-state index contributed by atoms with van der Waals surface area (Å²) < 4.78 is 2.07. The van der Waals surface area contributed by atoms with Crippen LogP contribution in [0.2, 0.25) is 0 Å². The second-order valence-electron chi connectivity index (χ2n) is 3.37. The highest BCUT2D eigenvalue weighted by Crippen LogP contribution is 2.17. The van der Waals surface area contributed by atoms with Crippen LogP contribution >= 0.6 is 0 Å². The summed E-state index contributed by atoms with van der Waals surface area (Å²) >= 11 is 0. The highest BCUT2D eigenvalue weighted by atomic mass is 14.9. The van der Waals surface area contributed by atoms with E-state index in [1.54, 1.807) is 6.08 Å². The number of allylic oxidation sites excluding steroid dienone is 2. The molecule has 0 amide bonds. The van der Waals surface area contributed by atoms with E-state index in [1.165, 1.54) is 0 Å². The summed E-state index contributed by atoms with van der Waals surface area (Å²) in [6, 6.07) is 12.3. The monoisotopic (exact) mass is 195 g/mol. The molecule has 2 aromatic rings. The van der Waals surface area contributed by atoms with Crippen LogP contribution in [-0.2, 0) is 0 Å². The first-order valence-electron chi connectivity index (χ1n) is 4.86. The molecular formula is C14H13N. The summed E-state index contributed by atoms with van der Waals surface area (Å²) in [6.45, 7) is 7.66. The molecule has 0 fully saturated rings. The lowest BCUT2D eigenvalue weighted by Crippen LogP contribution is -1.90. The molecule has 0 saturated carbocycles. The molecule has 0 N–H and O–H groups in total. The number of benzene rings is 1. The maximum atomic E-state index is 3.94. The number of rotatable bonds is 3. The van der Waals surface area contributed by atoms with E-state index in [-0.39, 0.29) is 0 Å². The Morgan fingerprint density at radius 2 is 1.87 bits per heavy atom. The van der Waals surface area contributed by atoms with Crippen molar-refractivity contribution >= 4 is 5.57 Å². The standard InChI is InChI=1S/C14H13N/c1-3-12(2)13-7-6-8-14(11-13)15-9-4-5-10-15/h3-11H,1-2H2. The van der Waals surface area contributed by atoms with E-state index in [9.17, 15) is 0 Å². The van der Waals surface area contributed by atoms with Gasteiger partial charge in [-0.25, -0.2) is 0 Å². The normalized spacial score (nSPS) is 9.87. The molecule has 1 aromatic heterocycles. The zero-order valence-corrected chi connectivity index (χ0v) is 8.56. The smallest absolute Gasteiger partial charge is 0.0455 e. The lowest BCUT2D eigenvalue weighted by atomic mass is 10.1. The van der Waals surface area contributed by atoms with Gasteiger partial charge in [0.2, 0.25) is 0 Å². The van der Waals surface area contributed by atoms with Crippen LogP contribution in [0.3, 0.4) is 0 Å². The molecule has 1 heterocycles. The zero-order valence-electron chi connectivity index (χ0n) is 8.56. The van der Waals surface area contributed by atoms with Crippen LogP contribution < -0.4 is 0 Å². The maximum Gasteiger partial charge on any atom is 0.0455 e. The van der Waals surface area contributed by atoms with Crippen LogP contribution in [0.4, 0.5) is 0 Å². The van der Waals surface area contributed by atoms with Crippen molar-refractivity contribution in [3.8, 4) is 5.69 Å². The van der Waals surface area contributed by atoms with Gasteiger partial charge in [0.05, 0.1) is 0 Å². The Hall–Kier alpha value is -2.02. The maximum absolute atomic E-state index is 3.94. The molecule has 0 atom stereocenters. The molecule has 0 unspecified atom stereocenters. The third-order valence-corrected chi connectivity index (χ3v) is 2.37. The fourth-order valence-electron chi connectivity index (χ4n) is 1.49. The summed E-state index contributed by atoms with van der Waals surface area (Å²) in [6.07, 6.45) is 5.82. The Morgan fingerprint density at radius 3 is 2.53 bits per heavy atom. The topological polar surface area (TPSA) is 4.93 Å². The van der Waals surface area contributed by atoms with Gasteiger partial charge in [-0.2, -0.15) is 0 Å². The Balaban J connectivity index is 2.43. The highest BCUT2D eigenvalue weighted by molar-refractivity contribution is 5.72. The van der Waals surface area contributed by atoms with Gasteiger partial charge in [-0.3, -0.25) is 0 Å². The van der Waals surface area contributed by atoms with E-state index in [0.717, 1.165) is 16.8 Å². The Morgan fingerprint density at radius 1 is 1.13 bits per heavy atom. The SMILES string of the molecule is C=CC(=C)c1cccc(-n2cccc2)c1. The number of hydrogen-bond acceptors (Lipinski definition) is 0. The van der Waals surface area contributed by atoms with E-state index in [4.69, 9.17) is 0 Å². The summed E-state index contributed by atoms with van der Waals surface area (Å²) in [5.41, 5.74) is 3.20. The summed E-state index contributed by atoms with van der Waals surface area (Å²) in [5.74, 6) is 0. The number of nitrogens with zero attached hydrogens (tertiary/aromatic N) is 1. The molecular weight excluding hydrogens is 182 g/mol. The highest BCUT2D eigenvalue weighted by Gasteiger charge is 1.98. The minimum absolute atomic E-state index is 0.948. The molecule has 0 aliphatic rings. The van der Waals surface area contributed by atoms with Crippen molar-refractivity contribution in [1.29, 1.82) is 0 Å². The van der Waals surface area contributed by atoms with Gasteiger partial charge < -0.3 is 4.57 Å². The average molecular weight is 195 g/mol. The lowest BCUT2D eigenvalue weighted by molar-refractivity contribution is 1.08. The first-order chi connectivity index (χ1) is 7.31. The van der Waals surface area contributed by atoms with Gasteiger partial charge in [0.1, 0.15) is 0 Å². The van der Waals surface area contributed by atoms with E-state index < -0.39 is 0 Å². The second-order valence-corrected chi connectivity index (χ2v) is 3.37. The van der Waals surface area contributed by atoms with Crippen molar-refractivity contribution in [2.75, 3.05) is 0 Å². The van der Waals surface area contributed by atoms with E-state index in [2.05, 4.69) is 29.9 Å². The van der Waals surface area contributed by atoms with Gasteiger partial charge in [-0.1, -0.05) is 31.4 Å². The van der Waals surface area contributed by atoms with Crippen molar-refractivity contribution in [2.24, 2.45) is 0 Å². The van der Waals surface area contributed by atoms with Gasteiger partial charge >= 0.3 is 0 Å². The fraction of sp³-hybridized carbons (Fsp3) is 0. The third-order valence-electron chi connectivity index (χ3n) is 2.37. The summed E-state index contributed by atoms with van der Waals surface area (Å²) in [7, 11) is 0. The zero-order chi connectivity index (χ0) is 10.7. The van der Waals surface area contributed by atoms with Crippen LogP contribution in [0.25, 0.3) is 11.3 Å². The van der Waals surface area contributed by atoms with Crippen LogP contribution in [0.15, 0.2) is 68.0 Å². The van der Waals surface area contributed by atoms with Crippen LogP contribution in [0.1, 0.15) is 5.56 Å². The summed E-state index contributed by atoms with van der Waals surface area (Å²) in [4.78, 5) is 0. The molecule has 0 aliphatic heterocycles. The first-order valence-corrected chi connectivity index (χ1v) is 4.86. The Bertz CT molecular complexity index is 478. The van der Waals surface area contributed by atoms with Gasteiger partial charge in [0, 0.05) is 18.1 Å². The van der Waals surface area contributed by atoms with Crippen molar-refractivity contribution in [2.45, 2.75) is 0 Å². The molecule has 15 heavy (non-hydrogen) atoms. The van der Waals surface area contributed by atoms with Gasteiger partial charge in [0.15, 0.2) is 0 Å². The minimum Gasteiger partial charge on any atom is -0.324 e. The number of aromatic nitrogens is 1. The van der Waals surface area contributed by atoms with Crippen LogP contribution in [0, 0.1) is 0 Å². The van der Waals surface area contributed by atoms with Crippen molar-refractivity contribution in [3.05, 3.63) is 73.6 Å². The predicted molar refractivity (Wildman–Crippen MR) is 65.0 cm³/mol. The minimum atomic E-state index is 0.948. The molecule has 74 valence electrons. The van der Waals surface area contributed by atoms with E-state index in [1.807, 2.05) is 36.7 Å². The van der Waals surface area contributed by atoms with Gasteiger partial charge in [-0.05, 0) is 35.4 Å². The van der Waals surface area contributed by atoms with Crippen LogP contribution in [-0.4, -0.2) is 4.57 Å². The van der Waals surface area contributed by atoms with Gasteiger partial charge in [-0.15, -0.1) is 0 Å². The molecule has 1 aromatic carbocycles. The molecule has 0 aliphatic carbocycles. The lowest BCUT2D eigenvalue weighted by Gasteiger charge is -2.06. The Labute approximate surface area is 90.0 Å².